The van der Waals surface area contributed by atoms with E-state index in [4.69, 9.17) is 14.6 Å². The van der Waals surface area contributed by atoms with E-state index in [0.29, 0.717) is 6.61 Å². The molecule has 100 valence electrons. The van der Waals surface area contributed by atoms with E-state index in [1.54, 1.807) is 7.05 Å². The summed E-state index contributed by atoms with van der Waals surface area (Å²) in [6.45, 7) is 6.38. The third kappa shape index (κ3) is 2.97. The Balaban J connectivity index is 2.67. The van der Waals surface area contributed by atoms with Crippen LogP contribution in [0.3, 0.4) is 0 Å². The molecular weight excluding hydrogens is 222 g/mol. The van der Waals surface area contributed by atoms with Crippen molar-refractivity contribution in [2.75, 3.05) is 13.7 Å². The van der Waals surface area contributed by atoms with E-state index in [9.17, 15) is 4.79 Å². The molecule has 0 spiro atoms. The van der Waals surface area contributed by atoms with Crippen LogP contribution in [0.15, 0.2) is 0 Å². The predicted octanol–water partition coefficient (Wildman–Crippen LogP) is 1.23. The fourth-order valence-corrected chi connectivity index (χ4v) is 2.28. The van der Waals surface area contributed by atoms with Gasteiger partial charge in [-0.25, -0.2) is 0 Å². The molecule has 17 heavy (non-hydrogen) atoms. The summed E-state index contributed by atoms with van der Waals surface area (Å²) >= 11 is 0. The predicted molar refractivity (Wildman–Crippen MR) is 63.8 cm³/mol. The zero-order valence-corrected chi connectivity index (χ0v) is 11.0. The summed E-state index contributed by atoms with van der Waals surface area (Å²) in [5, 5.41) is 11.9. The van der Waals surface area contributed by atoms with Gasteiger partial charge in [-0.3, -0.25) is 4.79 Å². The van der Waals surface area contributed by atoms with Crippen LogP contribution in [0.25, 0.3) is 0 Å². The molecule has 0 aromatic carbocycles. The number of hydrogen-bond acceptors (Lipinski definition) is 4. The fourth-order valence-electron chi connectivity index (χ4n) is 2.28. The maximum atomic E-state index is 11.1. The SMILES string of the molecule is CCC1(CC)OC[C@@H]([C@H](C)[C@H](NC)C(=O)O)O1. The van der Waals surface area contributed by atoms with Crippen LogP contribution in [0.5, 0.6) is 0 Å². The van der Waals surface area contributed by atoms with E-state index >= 15 is 0 Å². The van der Waals surface area contributed by atoms with Crippen molar-refractivity contribution in [3.63, 3.8) is 0 Å². The normalized spacial score (nSPS) is 26.7. The number of ether oxygens (including phenoxy) is 2. The van der Waals surface area contributed by atoms with Crippen LogP contribution in [-0.2, 0) is 14.3 Å². The molecule has 0 unspecified atom stereocenters. The second-order valence-corrected chi connectivity index (χ2v) is 4.55. The Bertz CT molecular complexity index is 265. The average Bonchev–Trinajstić information content (AvgIpc) is 2.74. The number of rotatable bonds is 6. The number of carboxylic acids is 1. The minimum Gasteiger partial charge on any atom is -0.480 e. The van der Waals surface area contributed by atoms with Crippen molar-refractivity contribution in [3.8, 4) is 0 Å². The quantitative estimate of drug-likeness (QED) is 0.736. The van der Waals surface area contributed by atoms with Gasteiger partial charge < -0.3 is 19.9 Å². The van der Waals surface area contributed by atoms with Crippen molar-refractivity contribution in [1.82, 2.24) is 5.32 Å². The van der Waals surface area contributed by atoms with Crippen LogP contribution < -0.4 is 5.32 Å². The third-order valence-electron chi connectivity index (χ3n) is 3.64. The Morgan fingerprint density at radius 3 is 2.47 bits per heavy atom. The van der Waals surface area contributed by atoms with Crippen molar-refractivity contribution in [2.45, 2.75) is 51.5 Å². The highest BCUT2D eigenvalue weighted by molar-refractivity contribution is 5.73. The number of aliphatic carboxylic acids is 1. The molecular formula is C12H23NO4. The Labute approximate surface area is 102 Å². The molecule has 1 saturated heterocycles. The first-order chi connectivity index (χ1) is 7.99. The van der Waals surface area contributed by atoms with E-state index in [-0.39, 0.29) is 12.0 Å². The maximum absolute atomic E-state index is 11.1. The second kappa shape index (κ2) is 5.80. The Kier molecular flexibility index (Phi) is 4.91. The first-order valence-corrected chi connectivity index (χ1v) is 6.21. The molecule has 1 rings (SSSR count). The zero-order chi connectivity index (χ0) is 13.1. The Hall–Kier alpha value is -0.650. The molecule has 5 nitrogen and oxygen atoms in total. The maximum Gasteiger partial charge on any atom is 0.321 e. The van der Waals surface area contributed by atoms with Crippen molar-refractivity contribution in [2.24, 2.45) is 5.92 Å². The van der Waals surface area contributed by atoms with Gasteiger partial charge in [0.15, 0.2) is 5.79 Å². The summed E-state index contributed by atoms with van der Waals surface area (Å²) in [5.74, 6) is -1.50. The summed E-state index contributed by atoms with van der Waals surface area (Å²) in [6.07, 6.45) is 1.40. The highest BCUT2D eigenvalue weighted by Crippen LogP contribution is 2.33. The number of nitrogens with one attached hydrogen (secondary N) is 1. The molecule has 0 saturated carbocycles. The number of hydrogen-bond donors (Lipinski definition) is 2. The van der Waals surface area contributed by atoms with Gasteiger partial charge in [0.05, 0.1) is 12.7 Å². The van der Waals surface area contributed by atoms with Gasteiger partial charge in [-0.05, 0) is 19.9 Å². The number of carbonyl (C=O) groups is 1. The van der Waals surface area contributed by atoms with Crippen LogP contribution in [0.4, 0.5) is 0 Å². The van der Waals surface area contributed by atoms with Gasteiger partial charge in [-0.2, -0.15) is 0 Å². The lowest BCUT2D eigenvalue weighted by Crippen LogP contribution is -2.45. The molecule has 0 aliphatic carbocycles. The van der Waals surface area contributed by atoms with Crippen LogP contribution in [0.2, 0.25) is 0 Å². The van der Waals surface area contributed by atoms with Gasteiger partial charge in [-0.1, -0.05) is 20.8 Å². The first-order valence-electron chi connectivity index (χ1n) is 6.21. The summed E-state index contributed by atoms with van der Waals surface area (Å²) in [5.41, 5.74) is 0. The van der Waals surface area contributed by atoms with Gasteiger partial charge in [0, 0.05) is 5.92 Å². The molecule has 1 fully saturated rings. The summed E-state index contributed by atoms with van der Waals surface area (Å²) < 4.78 is 11.6. The van der Waals surface area contributed by atoms with Gasteiger partial charge in [0.2, 0.25) is 0 Å². The molecule has 2 N–H and O–H groups in total. The van der Waals surface area contributed by atoms with Crippen LogP contribution in [0.1, 0.15) is 33.6 Å². The molecule has 1 aliphatic rings. The van der Waals surface area contributed by atoms with E-state index in [1.165, 1.54) is 0 Å². The molecule has 5 heteroatoms. The molecule has 0 amide bonds. The minimum atomic E-state index is -0.853. The van der Waals surface area contributed by atoms with E-state index in [1.807, 2.05) is 20.8 Å². The lowest BCUT2D eigenvalue weighted by molar-refractivity contribution is -0.178. The first kappa shape index (κ1) is 14.4. The molecule has 0 radical (unpaired) electrons. The van der Waals surface area contributed by atoms with E-state index < -0.39 is 17.8 Å². The van der Waals surface area contributed by atoms with Crippen molar-refractivity contribution < 1.29 is 19.4 Å². The number of likely N-dealkylation sites (N-methyl/N-ethyl adjacent to an activating group) is 1. The average molecular weight is 245 g/mol. The lowest BCUT2D eigenvalue weighted by atomic mass is 9.96. The Morgan fingerprint density at radius 1 is 1.53 bits per heavy atom. The van der Waals surface area contributed by atoms with Gasteiger partial charge in [0.25, 0.3) is 0 Å². The standard InChI is InChI=1S/C12H23NO4/c1-5-12(6-2)16-7-9(17-12)8(3)10(13-4)11(14)15/h8-10,13H,5-7H2,1-4H3,(H,14,15)/t8-,9-,10-/m0/s1. The molecule has 1 heterocycles. The molecule has 3 atom stereocenters. The molecule has 0 bridgehead atoms. The van der Waals surface area contributed by atoms with E-state index in [2.05, 4.69) is 5.32 Å². The largest absolute Gasteiger partial charge is 0.480 e. The second-order valence-electron chi connectivity index (χ2n) is 4.55. The molecule has 0 aromatic rings. The highest BCUT2D eigenvalue weighted by atomic mass is 16.7. The van der Waals surface area contributed by atoms with Crippen LogP contribution >= 0.6 is 0 Å². The van der Waals surface area contributed by atoms with Crippen LogP contribution in [-0.4, -0.2) is 42.7 Å². The van der Waals surface area contributed by atoms with Crippen LogP contribution in [0, 0.1) is 5.92 Å². The molecule has 1 aliphatic heterocycles. The van der Waals surface area contributed by atoms with Crippen molar-refractivity contribution >= 4 is 5.97 Å². The third-order valence-corrected chi connectivity index (χ3v) is 3.64. The topological polar surface area (TPSA) is 67.8 Å². The lowest BCUT2D eigenvalue weighted by Gasteiger charge is -2.28. The Morgan fingerprint density at radius 2 is 2.12 bits per heavy atom. The van der Waals surface area contributed by atoms with Gasteiger partial charge >= 0.3 is 5.97 Å². The highest BCUT2D eigenvalue weighted by Gasteiger charge is 2.43. The van der Waals surface area contributed by atoms with Crippen molar-refractivity contribution in [3.05, 3.63) is 0 Å². The summed E-state index contributed by atoms with van der Waals surface area (Å²) in [7, 11) is 1.65. The zero-order valence-electron chi connectivity index (χ0n) is 11.0. The minimum absolute atomic E-state index is 0.127. The summed E-state index contributed by atoms with van der Waals surface area (Å²) in [6, 6.07) is -0.604. The van der Waals surface area contributed by atoms with Gasteiger partial charge in [-0.15, -0.1) is 0 Å². The van der Waals surface area contributed by atoms with E-state index in [0.717, 1.165) is 12.8 Å². The van der Waals surface area contributed by atoms with Gasteiger partial charge in [0.1, 0.15) is 6.04 Å². The molecule has 0 aromatic heterocycles. The van der Waals surface area contributed by atoms with Crippen molar-refractivity contribution in [1.29, 1.82) is 0 Å². The fraction of sp³-hybridized carbons (Fsp3) is 0.917. The monoisotopic (exact) mass is 245 g/mol. The summed E-state index contributed by atoms with van der Waals surface area (Å²) in [4.78, 5) is 11.1. The smallest absolute Gasteiger partial charge is 0.321 e. The number of carboxylic acid groups (broad SMARTS) is 1.